The normalized spacial score (nSPS) is 31.9. The van der Waals surface area contributed by atoms with Crippen molar-refractivity contribution in [2.45, 2.75) is 37.8 Å². The van der Waals surface area contributed by atoms with Crippen LogP contribution in [0.25, 0.3) is 0 Å². The number of allylic oxidation sites excluding steroid dienone is 1. The molecule has 62 valence electrons. The van der Waals surface area contributed by atoms with E-state index >= 15 is 0 Å². The SMILES string of the molecule is C=CCC1(F)CCCCC1=O. The smallest absolute Gasteiger partial charge is 0.172 e. The van der Waals surface area contributed by atoms with Crippen molar-refractivity contribution in [3.05, 3.63) is 12.7 Å². The summed E-state index contributed by atoms with van der Waals surface area (Å²) in [6.07, 6.45) is 4.15. The van der Waals surface area contributed by atoms with Gasteiger partial charge in [0.1, 0.15) is 0 Å². The van der Waals surface area contributed by atoms with Crippen LogP contribution in [-0.2, 0) is 4.79 Å². The summed E-state index contributed by atoms with van der Waals surface area (Å²) in [5, 5.41) is 0. The number of hydrogen-bond donors (Lipinski definition) is 0. The molecule has 0 heterocycles. The molecule has 0 bridgehead atoms. The molecule has 0 spiro atoms. The van der Waals surface area contributed by atoms with Gasteiger partial charge < -0.3 is 0 Å². The Kier molecular flexibility index (Phi) is 2.42. The van der Waals surface area contributed by atoms with E-state index in [1.54, 1.807) is 0 Å². The summed E-state index contributed by atoms with van der Waals surface area (Å²) in [4.78, 5) is 11.1. The summed E-state index contributed by atoms with van der Waals surface area (Å²) in [6.45, 7) is 3.44. The molecule has 0 aromatic rings. The van der Waals surface area contributed by atoms with Crippen LogP contribution in [0.15, 0.2) is 12.7 Å². The number of carbonyl (C=O) groups excluding carboxylic acids is 1. The van der Waals surface area contributed by atoms with Crippen molar-refractivity contribution < 1.29 is 9.18 Å². The lowest BCUT2D eigenvalue weighted by Crippen LogP contribution is -2.36. The maximum absolute atomic E-state index is 13.5. The highest BCUT2D eigenvalue weighted by Crippen LogP contribution is 2.31. The lowest BCUT2D eigenvalue weighted by molar-refractivity contribution is -0.133. The highest BCUT2D eigenvalue weighted by atomic mass is 19.1. The Morgan fingerprint density at radius 1 is 1.64 bits per heavy atom. The first-order chi connectivity index (χ1) is 5.19. The molecule has 0 N–H and O–H groups in total. The van der Waals surface area contributed by atoms with Gasteiger partial charge in [-0.25, -0.2) is 4.39 Å². The Morgan fingerprint density at radius 3 is 2.91 bits per heavy atom. The van der Waals surface area contributed by atoms with E-state index in [1.165, 1.54) is 6.08 Å². The molecule has 1 rings (SSSR count). The topological polar surface area (TPSA) is 17.1 Å². The first-order valence-corrected chi connectivity index (χ1v) is 4.02. The summed E-state index contributed by atoms with van der Waals surface area (Å²) in [6, 6.07) is 0. The van der Waals surface area contributed by atoms with Crippen LogP contribution in [0.4, 0.5) is 4.39 Å². The van der Waals surface area contributed by atoms with Crippen LogP contribution < -0.4 is 0 Å². The van der Waals surface area contributed by atoms with Gasteiger partial charge in [0.05, 0.1) is 0 Å². The largest absolute Gasteiger partial charge is 0.296 e. The minimum Gasteiger partial charge on any atom is -0.296 e. The number of rotatable bonds is 2. The van der Waals surface area contributed by atoms with Gasteiger partial charge in [-0.3, -0.25) is 4.79 Å². The van der Waals surface area contributed by atoms with Gasteiger partial charge in [0.25, 0.3) is 0 Å². The summed E-state index contributed by atoms with van der Waals surface area (Å²) < 4.78 is 13.5. The van der Waals surface area contributed by atoms with Crippen molar-refractivity contribution in [3.63, 3.8) is 0 Å². The number of ketones is 1. The quantitative estimate of drug-likeness (QED) is 0.561. The Morgan fingerprint density at radius 2 is 2.36 bits per heavy atom. The monoisotopic (exact) mass is 156 g/mol. The minimum absolute atomic E-state index is 0.186. The zero-order valence-corrected chi connectivity index (χ0v) is 6.61. The summed E-state index contributed by atoms with van der Waals surface area (Å²) in [5.41, 5.74) is -1.57. The molecule has 1 unspecified atom stereocenters. The van der Waals surface area contributed by atoms with E-state index < -0.39 is 5.67 Å². The van der Waals surface area contributed by atoms with E-state index in [1.807, 2.05) is 0 Å². The predicted molar refractivity (Wildman–Crippen MR) is 42.1 cm³/mol. The summed E-state index contributed by atoms with van der Waals surface area (Å²) in [7, 11) is 0. The maximum atomic E-state index is 13.5. The highest BCUT2D eigenvalue weighted by molar-refractivity contribution is 5.88. The van der Waals surface area contributed by atoms with Crippen molar-refractivity contribution in [1.29, 1.82) is 0 Å². The molecular formula is C9H13FO. The van der Waals surface area contributed by atoms with Crippen molar-refractivity contribution in [2.24, 2.45) is 0 Å². The fraction of sp³-hybridized carbons (Fsp3) is 0.667. The van der Waals surface area contributed by atoms with Crippen LogP contribution in [0.5, 0.6) is 0 Å². The van der Waals surface area contributed by atoms with Crippen LogP contribution >= 0.6 is 0 Å². The highest BCUT2D eigenvalue weighted by Gasteiger charge is 2.38. The van der Waals surface area contributed by atoms with Gasteiger partial charge in [-0.2, -0.15) is 0 Å². The standard InChI is InChI=1S/C9H13FO/c1-2-6-9(10)7-4-3-5-8(9)11/h2H,1,3-7H2. The van der Waals surface area contributed by atoms with E-state index in [0.29, 0.717) is 12.8 Å². The van der Waals surface area contributed by atoms with E-state index in [2.05, 4.69) is 6.58 Å². The van der Waals surface area contributed by atoms with E-state index in [0.717, 1.165) is 12.8 Å². The predicted octanol–water partition coefficient (Wildman–Crippen LogP) is 2.41. The van der Waals surface area contributed by atoms with Crippen molar-refractivity contribution in [3.8, 4) is 0 Å². The molecule has 2 heteroatoms. The Hall–Kier alpha value is -0.660. The molecule has 1 atom stereocenters. The molecule has 1 aliphatic carbocycles. The van der Waals surface area contributed by atoms with Gasteiger partial charge in [0.15, 0.2) is 11.5 Å². The second-order valence-electron chi connectivity index (χ2n) is 3.09. The van der Waals surface area contributed by atoms with Gasteiger partial charge in [0, 0.05) is 12.8 Å². The van der Waals surface area contributed by atoms with Crippen LogP contribution in [0, 0.1) is 0 Å². The second-order valence-corrected chi connectivity index (χ2v) is 3.09. The Labute approximate surface area is 66.3 Å². The van der Waals surface area contributed by atoms with Gasteiger partial charge >= 0.3 is 0 Å². The van der Waals surface area contributed by atoms with Gasteiger partial charge in [-0.05, 0) is 19.3 Å². The molecule has 0 aromatic heterocycles. The number of halogens is 1. The lowest BCUT2D eigenvalue weighted by Gasteiger charge is -2.26. The van der Waals surface area contributed by atoms with Crippen LogP contribution in [0.1, 0.15) is 32.1 Å². The number of hydrogen-bond acceptors (Lipinski definition) is 1. The molecule has 1 nitrogen and oxygen atoms in total. The van der Waals surface area contributed by atoms with Gasteiger partial charge in [-0.15, -0.1) is 6.58 Å². The molecule has 0 aliphatic heterocycles. The van der Waals surface area contributed by atoms with Gasteiger partial charge in [-0.1, -0.05) is 6.08 Å². The second kappa shape index (κ2) is 3.16. The van der Waals surface area contributed by atoms with E-state index in [4.69, 9.17) is 0 Å². The average molecular weight is 156 g/mol. The minimum atomic E-state index is -1.57. The number of Topliss-reactive ketones (excluding diaryl/α,β-unsaturated/α-hetero) is 1. The summed E-state index contributed by atoms with van der Waals surface area (Å²) >= 11 is 0. The average Bonchev–Trinajstić information content (AvgIpc) is 1.96. The third kappa shape index (κ3) is 1.67. The fourth-order valence-corrected chi connectivity index (χ4v) is 1.50. The molecule has 0 radical (unpaired) electrons. The lowest BCUT2D eigenvalue weighted by atomic mass is 9.83. The van der Waals surface area contributed by atoms with Crippen LogP contribution in [-0.4, -0.2) is 11.5 Å². The third-order valence-corrected chi connectivity index (χ3v) is 2.19. The molecule has 11 heavy (non-hydrogen) atoms. The third-order valence-electron chi connectivity index (χ3n) is 2.19. The Bertz CT molecular complexity index is 176. The zero-order chi connectivity index (χ0) is 8.32. The van der Waals surface area contributed by atoms with Crippen LogP contribution in [0.2, 0.25) is 0 Å². The van der Waals surface area contributed by atoms with E-state index in [9.17, 15) is 9.18 Å². The molecule has 0 saturated heterocycles. The zero-order valence-electron chi connectivity index (χ0n) is 6.61. The number of carbonyl (C=O) groups is 1. The van der Waals surface area contributed by atoms with Crippen molar-refractivity contribution in [2.75, 3.05) is 0 Å². The van der Waals surface area contributed by atoms with Crippen LogP contribution in [0.3, 0.4) is 0 Å². The molecule has 0 aromatic carbocycles. The Balaban J connectivity index is 2.64. The van der Waals surface area contributed by atoms with E-state index in [-0.39, 0.29) is 12.2 Å². The molecule has 0 amide bonds. The first-order valence-electron chi connectivity index (χ1n) is 4.02. The molecule has 1 fully saturated rings. The van der Waals surface area contributed by atoms with Gasteiger partial charge in [0.2, 0.25) is 0 Å². The maximum Gasteiger partial charge on any atom is 0.172 e. The molecule has 1 aliphatic rings. The first kappa shape index (κ1) is 8.44. The number of alkyl halides is 1. The molecule has 1 saturated carbocycles. The molecular weight excluding hydrogens is 143 g/mol. The van der Waals surface area contributed by atoms with Crippen molar-refractivity contribution >= 4 is 5.78 Å². The fourth-order valence-electron chi connectivity index (χ4n) is 1.50. The summed E-state index contributed by atoms with van der Waals surface area (Å²) in [5.74, 6) is -0.233. The van der Waals surface area contributed by atoms with Crippen molar-refractivity contribution in [1.82, 2.24) is 0 Å².